The van der Waals surface area contributed by atoms with Gasteiger partial charge in [-0.1, -0.05) is 60.7 Å². The van der Waals surface area contributed by atoms with Crippen LogP contribution >= 0.6 is 0 Å². The SMILES string of the molecule is O[C@@H](c1ccccc1)[C@H]([18OH])c1ccccc1. The van der Waals surface area contributed by atoms with E-state index in [1.165, 1.54) is 0 Å². The Balaban J connectivity index is 2.20. The van der Waals surface area contributed by atoms with Crippen LogP contribution in [0.3, 0.4) is 0 Å². The molecule has 2 N–H and O–H groups in total. The van der Waals surface area contributed by atoms with Gasteiger partial charge in [-0.2, -0.15) is 0 Å². The number of rotatable bonds is 3. The van der Waals surface area contributed by atoms with Crippen molar-refractivity contribution in [3.63, 3.8) is 0 Å². The average Bonchev–Trinajstić information content (AvgIpc) is 2.39. The van der Waals surface area contributed by atoms with E-state index in [0.717, 1.165) is 11.1 Å². The molecule has 0 fully saturated rings. The van der Waals surface area contributed by atoms with Crippen LogP contribution in [0.1, 0.15) is 23.3 Å². The normalized spacial score (nSPS) is 14.4. The monoisotopic (exact) mass is 216 g/mol. The molecular weight excluding hydrogens is 202 g/mol. The van der Waals surface area contributed by atoms with Crippen molar-refractivity contribution < 1.29 is 10.2 Å². The highest BCUT2D eigenvalue weighted by molar-refractivity contribution is 5.24. The lowest BCUT2D eigenvalue weighted by molar-refractivity contribution is 0.0172. The van der Waals surface area contributed by atoms with Crippen molar-refractivity contribution in [2.45, 2.75) is 12.2 Å². The molecule has 2 aromatic carbocycles. The molecule has 0 bridgehead atoms. The zero-order valence-corrected chi connectivity index (χ0v) is 8.82. The van der Waals surface area contributed by atoms with Crippen LogP contribution in [-0.4, -0.2) is 10.2 Å². The van der Waals surface area contributed by atoms with Gasteiger partial charge in [-0.3, -0.25) is 0 Å². The van der Waals surface area contributed by atoms with E-state index in [0.29, 0.717) is 0 Å². The maximum atomic E-state index is 9.99. The summed E-state index contributed by atoms with van der Waals surface area (Å²) >= 11 is 0. The molecule has 2 rings (SSSR count). The molecule has 0 spiro atoms. The van der Waals surface area contributed by atoms with E-state index in [1.54, 1.807) is 24.3 Å². The Labute approximate surface area is 94.8 Å². The Morgan fingerprint density at radius 3 is 1.69 bits per heavy atom. The first-order valence-electron chi connectivity index (χ1n) is 5.25. The van der Waals surface area contributed by atoms with E-state index >= 15 is 0 Å². The minimum atomic E-state index is -0.886. The van der Waals surface area contributed by atoms with Crippen LogP contribution in [0.5, 0.6) is 0 Å². The molecule has 0 unspecified atom stereocenters. The Morgan fingerprint density at radius 2 is 1.19 bits per heavy atom. The molecule has 2 heteroatoms. The molecule has 0 saturated heterocycles. The third-order valence-corrected chi connectivity index (χ3v) is 2.58. The molecule has 0 saturated carbocycles. The van der Waals surface area contributed by atoms with E-state index in [-0.39, 0.29) is 0 Å². The predicted molar refractivity (Wildman–Crippen MR) is 62.8 cm³/mol. The van der Waals surface area contributed by atoms with Gasteiger partial charge in [0.15, 0.2) is 0 Å². The lowest BCUT2D eigenvalue weighted by Gasteiger charge is -2.18. The molecule has 0 aliphatic heterocycles. The summed E-state index contributed by atoms with van der Waals surface area (Å²) < 4.78 is 0. The third kappa shape index (κ3) is 2.30. The molecule has 2 aromatic rings. The summed E-state index contributed by atoms with van der Waals surface area (Å²) in [5, 5.41) is 20.0. The molecule has 0 aromatic heterocycles. The van der Waals surface area contributed by atoms with Gasteiger partial charge in [0, 0.05) is 0 Å². The third-order valence-electron chi connectivity index (χ3n) is 2.58. The van der Waals surface area contributed by atoms with Crippen molar-refractivity contribution in [3.8, 4) is 0 Å². The van der Waals surface area contributed by atoms with Gasteiger partial charge in [0.2, 0.25) is 0 Å². The topological polar surface area (TPSA) is 40.5 Å². The highest BCUT2D eigenvalue weighted by Gasteiger charge is 2.19. The molecule has 16 heavy (non-hydrogen) atoms. The maximum Gasteiger partial charge on any atom is 0.109 e. The second kappa shape index (κ2) is 4.92. The standard InChI is InChI=1S/C14H14O2/c15-13(11-7-3-1-4-8-11)14(16)12-9-5-2-6-10-12/h1-10,13-16H/t13-,14+/i15+2/m1/s1. The molecule has 0 heterocycles. The lowest BCUT2D eigenvalue weighted by atomic mass is 9.99. The fourth-order valence-corrected chi connectivity index (χ4v) is 1.67. The van der Waals surface area contributed by atoms with Crippen molar-refractivity contribution in [3.05, 3.63) is 71.8 Å². The summed E-state index contributed by atoms with van der Waals surface area (Å²) in [7, 11) is 0. The van der Waals surface area contributed by atoms with E-state index in [4.69, 9.17) is 0 Å². The molecule has 82 valence electrons. The summed E-state index contributed by atoms with van der Waals surface area (Å²) in [4.78, 5) is 0. The highest BCUT2D eigenvalue weighted by atomic mass is 18.2. The molecule has 0 amide bonds. The van der Waals surface area contributed by atoms with E-state index in [1.807, 2.05) is 36.4 Å². The summed E-state index contributed by atoms with van der Waals surface area (Å²) in [6.45, 7) is 0. The first kappa shape index (κ1) is 10.9. The molecular formula is C14H14O2. The van der Waals surface area contributed by atoms with Gasteiger partial charge in [-0.25, -0.2) is 0 Å². The molecule has 2 atom stereocenters. The smallest absolute Gasteiger partial charge is 0.109 e. The van der Waals surface area contributed by atoms with Crippen LogP contribution in [0, 0.1) is 0 Å². The lowest BCUT2D eigenvalue weighted by Crippen LogP contribution is -2.09. The zero-order valence-electron chi connectivity index (χ0n) is 8.82. The van der Waals surface area contributed by atoms with Crippen LogP contribution in [0.2, 0.25) is 0 Å². The molecule has 0 aliphatic carbocycles. The van der Waals surface area contributed by atoms with Crippen molar-refractivity contribution in [1.29, 1.82) is 0 Å². The van der Waals surface area contributed by atoms with Gasteiger partial charge in [-0.15, -0.1) is 0 Å². The summed E-state index contributed by atoms with van der Waals surface area (Å²) in [5.41, 5.74) is 1.44. The first-order valence-corrected chi connectivity index (χ1v) is 5.25. The van der Waals surface area contributed by atoms with Crippen molar-refractivity contribution in [1.82, 2.24) is 0 Å². The van der Waals surface area contributed by atoms with Crippen molar-refractivity contribution >= 4 is 0 Å². The molecule has 0 radical (unpaired) electrons. The summed E-state index contributed by atoms with van der Waals surface area (Å²) in [5.74, 6) is 0. The number of benzene rings is 2. The van der Waals surface area contributed by atoms with E-state index in [9.17, 15) is 10.2 Å². The van der Waals surface area contributed by atoms with E-state index < -0.39 is 12.2 Å². The van der Waals surface area contributed by atoms with E-state index in [2.05, 4.69) is 0 Å². The number of aliphatic hydroxyl groups excluding tert-OH is 2. The Bertz CT molecular complexity index is 382. The van der Waals surface area contributed by atoms with Crippen molar-refractivity contribution in [2.24, 2.45) is 0 Å². The number of aliphatic hydroxyl groups is 2. The fourth-order valence-electron chi connectivity index (χ4n) is 1.67. The number of hydrogen-bond donors (Lipinski definition) is 2. The summed E-state index contributed by atoms with van der Waals surface area (Å²) in [6.07, 6.45) is -1.77. The van der Waals surface area contributed by atoms with Crippen LogP contribution in [0.15, 0.2) is 60.7 Å². The second-order valence-electron chi connectivity index (χ2n) is 3.71. The largest absolute Gasteiger partial charge is 0.385 e. The minimum Gasteiger partial charge on any atom is -0.385 e. The Morgan fingerprint density at radius 1 is 0.750 bits per heavy atom. The summed E-state index contributed by atoms with van der Waals surface area (Å²) in [6, 6.07) is 18.3. The Kier molecular flexibility index (Phi) is 3.34. The predicted octanol–water partition coefficient (Wildman–Crippen LogP) is 2.45. The highest BCUT2D eigenvalue weighted by Crippen LogP contribution is 2.27. The minimum absolute atomic E-state index is 0.721. The van der Waals surface area contributed by atoms with Gasteiger partial charge in [0.05, 0.1) is 0 Å². The molecule has 2 nitrogen and oxygen atoms in total. The van der Waals surface area contributed by atoms with Crippen LogP contribution in [-0.2, 0) is 0 Å². The average molecular weight is 216 g/mol. The van der Waals surface area contributed by atoms with Gasteiger partial charge >= 0.3 is 0 Å². The quantitative estimate of drug-likeness (QED) is 0.774. The van der Waals surface area contributed by atoms with Crippen LogP contribution in [0.25, 0.3) is 0 Å². The van der Waals surface area contributed by atoms with Crippen LogP contribution < -0.4 is 0 Å². The van der Waals surface area contributed by atoms with Crippen molar-refractivity contribution in [2.75, 3.05) is 0 Å². The molecule has 0 aliphatic rings. The maximum absolute atomic E-state index is 9.99. The second-order valence-corrected chi connectivity index (χ2v) is 3.71. The van der Waals surface area contributed by atoms with Gasteiger partial charge in [-0.05, 0) is 11.1 Å². The van der Waals surface area contributed by atoms with Crippen LogP contribution in [0.4, 0.5) is 0 Å². The first-order chi connectivity index (χ1) is 7.79. The van der Waals surface area contributed by atoms with Gasteiger partial charge < -0.3 is 10.2 Å². The van der Waals surface area contributed by atoms with Gasteiger partial charge in [0.1, 0.15) is 12.2 Å². The fraction of sp³-hybridized carbons (Fsp3) is 0.143. The zero-order chi connectivity index (χ0) is 11.4. The van der Waals surface area contributed by atoms with Gasteiger partial charge in [0.25, 0.3) is 0 Å². The Hall–Kier alpha value is -1.64. The number of hydrogen-bond acceptors (Lipinski definition) is 2.